The maximum absolute atomic E-state index is 6.73. The molecule has 0 bridgehead atoms. The molecule has 0 aliphatic carbocycles. The van der Waals surface area contributed by atoms with Crippen LogP contribution in [0.3, 0.4) is 0 Å². The van der Waals surface area contributed by atoms with Crippen molar-refractivity contribution in [1.82, 2.24) is 14.1 Å². The summed E-state index contributed by atoms with van der Waals surface area (Å²) >= 11 is 0. The maximum atomic E-state index is 6.73. The van der Waals surface area contributed by atoms with E-state index in [0.29, 0.717) is 11.5 Å². The fraction of sp³-hybridized carbons (Fsp3) is 0.0323. The Balaban J connectivity index is 0.00000505. The first-order valence-electron chi connectivity index (χ1n) is 23.3. The van der Waals surface area contributed by atoms with Gasteiger partial charge in [0.1, 0.15) is 13.9 Å². The second kappa shape index (κ2) is 17.5. The van der Waals surface area contributed by atoms with Gasteiger partial charge in [-0.1, -0.05) is 176 Å². The van der Waals surface area contributed by atoms with Crippen molar-refractivity contribution in [2.24, 2.45) is 0 Å². The number of pyridine rings is 1. The summed E-state index contributed by atoms with van der Waals surface area (Å²) in [5, 5.41) is 5.02. The van der Waals surface area contributed by atoms with Crippen molar-refractivity contribution in [3.63, 3.8) is 0 Å². The molecule has 0 amide bonds. The molecule has 4 heterocycles. The number of para-hydroxylation sites is 6. The monoisotopic (exact) mass is 1100 g/mol. The average Bonchev–Trinajstić information content (AvgIpc) is 3.95. The number of fused-ring (bicyclic) bond motifs is 6. The van der Waals surface area contributed by atoms with Crippen molar-refractivity contribution in [2.75, 3.05) is 4.90 Å². The molecule has 0 atom stereocenters. The van der Waals surface area contributed by atoms with Gasteiger partial charge in [-0.2, -0.15) is 18.2 Å². The Kier molecular flexibility index (Phi) is 10.8. The molecule has 13 rings (SSSR count). The predicted molar refractivity (Wildman–Crippen MR) is 282 cm³/mol. The summed E-state index contributed by atoms with van der Waals surface area (Å²) in [6.07, 6.45) is 5.69. The van der Waals surface area contributed by atoms with Crippen molar-refractivity contribution in [1.29, 1.82) is 0 Å². The molecule has 9 aromatic carbocycles. The number of hydrogen-bond donors (Lipinski definition) is 0. The average molecular weight is 1100 g/mol. The molecule has 70 heavy (non-hydrogen) atoms. The van der Waals surface area contributed by atoms with Crippen LogP contribution in [0.5, 0.6) is 11.5 Å². The summed E-state index contributed by atoms with van der Waals surface area (Å²) in [5.41, 5.74) is 13.7. The van der Waals surface area contributed by atoms with Crippen LogP contribution in [0.25, 0.3) is 72.3 Å². The molecule has 0 saturated heterocycles. The maximum Gasteiger partial charge on any atom is 0.268 e. The molecule has 1 aliphatic heterocycles. The molecule has 12 aromatic rings. The van der Waals surface area contributed by atoms with Crippen LogP contribution in [0, 0.1) is 18.5 Å². The fourth-order valence-corrected chi connectivity index (χ4v) is 13.4. The minimum atomic E-state index is -1.95. The number of nitrogens with zero attached hydrogens (tertiary/aromatic N) is 5. The van der Waals surface area contributed by atoms with Gasteiger partial charge < -0.3 is 18.8 Å². The molecule has 1 aliphatic rings. The van der Waals surface area contributed by atoms with E-state index in [9.17, 15) is 0 Å². The predicted octanol–water partition coefficient (Wildman–Crippen LogP) is 13.5. The quantitative estimate of drug-likeness (QED) is 0.0865. The Morgan fingerprint density at radius 3 is 1.84 bits per heavy atom. The van der Waals surface area contributed by atoms with Gasteiger partial charge in [0.25, 0.3) is 6.33 Å². The number of imidazole rings is 1. The Labute approximate surface area is 422 Å². The molecular weight excluding hydrogens is 1050 g/mol. The van der Waals surface area contributed by atoms with Gasteiger partial charge in [-0.05, 0) is 68.0 Å². The standard InChI is InChI=1S/C62H43N5OSi.Pt/c1-69(2)59-33-15-13-31-56(59)66(57-32-14-16-34-60(57)69)46-37-38-63-61(40-46)67-53-28-10-9-25-51(53)52-36-35-48(41-58(52)67)68-47-24-17-23-45(39-47)64-42-65(55-30-12-11-29-54(55)64)62-49(43-19-5-3-6-20-43)26-18-27-50(62)44-21-7-4-8-22-44;/h3-38,40H,1-2H3;/q-2;. The van der Waals surface area contributed by atoms with Crippen LogP contribution >= 0.6 is 0 Å². The van der Waals surface area contributed by atoms with E-state index >= 15 is 0 Å². The summed E-state index contributed by atoms with van der Waals surface area (Å²) in [5.74, 6) is 1.93. The molecule has 8 heteroatoms. The smallest absolute Gasteiger partial charge is 0.268 e. The fourth-order valence-electron chi connectivity index (χ4n) is 10.4. The first-order valence-corrected chi connectivity index (χ1v) is 26.3. The molecular formula is C62H43N5OPtSi-2. The number of rotatable bonds is 8. The zero-order valence-corrected chi connectivity index (χ0v) is 41.6. The van der Waals surface area contributed by atoms with E-state index in [0.717, 1.165) is 78.0 Å². The van der Waals surface area contributed by atoms with Gasteiger partial charge >= 0.3 is 0 Å². The summed E-state index contributed by atoms with van der Waals surface area (Å²) in [6, 6.07) is 84.1. The Hall–Kier alpha value is -8.09. The van der Waals surface area contributed by atoms with Crippen LogP contribution in [0.2, 0.25) is 13.1 Å². The zero-order valence-electron chi connectivity index (χ0n) is 38.3. The third-order valence-corrected chi connectivity index (χ3v) is 17.2. The summed E-state index contributed by atoms with van der Waals surface area (Å²) in [7, 11) is -1.95. The molecule has 3 aromatic heterocycles. The number of anilines is 3. The number of ether oxygens (including phenoxy) is 1. The van der Waals surface area contributed by atoms with E-state index in [1.165, 1.54) is 21.7 Å². The molecule has 0 N–H and O–H groups in total. The van der Waals surface area contributed by atoms with Crippen LogP contribution in [-0.2, 0) is 21.1 Å². The molecule has 0 radical (unpaired) electrons. The van der Waals surface area contributed by atoms with Gasteiger partial charge in [0.2, 0.25) is 0 Å². The second-order valence-corrected chi connectivity index (χ2v) is 22.3. The van der Waals surface area contributed by atoms with Gasteiger partial charge in [-0.3, -0.25) is 4.57 Å². The molecule has 0 saturated carbocycles. The van der Waals surface area contributed by atoms with Crippen molar-refractivity contribution >= 4 is 68.3 Å². The summed E-state index contributed by atoms with van der Waals surface area (Å²) in [4.78, 5) is 7.44. The Bertz CT molecular complexity index is 3830. The van der Waals surface area contributed by atoms with E-state index in [-0.39, 0.29) is 21.1 Å². The molecule has 0 unspecified atom stereocenters. The number of benzene rings is 9. The van der Waals surface area contributed by atoms with Crippen molar-refractivity contribution in [3.05, 3.63) is 243 Å². The first kappa shape index (κ1) is 43.2. The molecule has 0 fully saturated rings. The van der Waals surface area contributed by atoms with Crippen molar-refractivity contribution in [2.45, 2.75) is 13.1 Å². The third-order valence-electron chi connectivity index (χ3n) is 13.6. The molecule has 338 valence electrons. The topological polar surface area (TPSA) is 39.1 Å². The van der Waals surface area contributed by atoms with Crippen molar-refractivity contribution in [3.8, 4) is 50.9 Å². The summed E-state index contributed by atoms with van der Waals surface area (Å²) in [6.45, 7) is 4.90. The van der Waals surface area contributed by atoms with Crippen LogP contribution < -0.4 is 24.6 Å². The van der Waals surface area contributed by atoms with Crippen LogP contribution in [0.4, 0.5) is 17.1 Å². The normalized spacial score (nSPS) is 12.7. The van der Waals surface area contributed by atoms with Gasteiger partial charge in [0.15, 0.2) is 0 Å². The van der Waals surface area contributed by atoms with E-state index < -0.39 is 8.07 Å². The summed E-state index contributed by atoms with van der Waals surface area (Å²) < 4.78 is 13.2. The Morgan fingerprint density at radius 2 is 1.13 bits per heavy atom. The van der Waals surface area contributed by atoms with E-state index in [1.54, 1.807) is 0 Å². The number of hydrogen-bond acceptors (Lipinski definition) is 3. The minimum Gasteiger partial charge on any atom is -0.510 e. The van der Waals surface area contributed by atoms with Gasteiger partial charge in [-0.25, -0.2) is 4.98 Å². The first-order chi connectivity index (χ1) is 34.0. The third kappa shape index (κ3) is 7.12. The SMILES string of the molecule is C[Si]1(C)c2ccccc2N(c2ccnc(-n3c4[c-]c(Oc5[c-]c(-n6[c-][n+](-c7c(-c8ccccc8)cccc7-c7ccccc7)c7ccccc76)ccc5)ccc4c4ccccc43)c2)c2ccccc21.[Pt]. The van der Waals surface area contributed by atoms with E-state index in [4.69, 9.17) is 9.72 Å². The minimum absolute atomic E-state index is 0. The molecule has 0 spiro atoms. The largest absolute Gasteiger partial charge is 0.510 e. The zero-order chi connectivity index (χ0) is 46.1. The van der Waals surface area contributed by atoms with E-state index in [2.05, 4.69) is 244 Å². The van der Waals surface area contributed by atoms with Gasteiger partial charge in [0, 0.05) is 61.7 Å². The Morgan fingerprint density at radius 1 is 0.529 bits per heavy atom. The van der Waals surface area contributed by atoms with Crippen LogP contribution in [0.1, 0.15) is 0 Å². The van der Waals surface area contributed by atoms with E-state index in [1.807, 2.05) is 30.5 Å². The van der Waals surface area contributed by atoms with Gasteiger partial charge in [-0.15, -0.1) is 29.7 Å². The van der Waals surface area contributed by atoms with Crippen molar-refractivity contribution < 1.29 is 30.4 Å². The second-order valence-electron chi connectivity index (χ2n) is 18.0. The molecule has 6 nitrogen and oxygen atoms in total. The van der Waals surface area contributed by atoms with Crippen LogP contribution in [-0.4, -0.2) is 22.2 Å². The van der Waals surface area contributed by atoms with Gasteiger partial charge in [0.05, 0.1) is 22.4 Å². The van der Waals surface area contributed by atoms with Crippen LogP contribution in [0.15, 0.2) is 225 Å². The number of aromatic nitrogens is 4.